The summed E-state index contributed by atoms with van der Waals surface area (Å²) in [5.74, 6) is 0. The monoisotopic (exact) mass is 350 g/mol. The molecule has 0 saturated heterocycles. The molecule has 0 amide bonds. The Morgan fingerprint density at radius 2 is 1.65 bits per heavy atom. The molecule has 3 rings (SSSR count). The van der Waals surface area contributed by atoms with Crippen molar-refractivity contribution in [2.45, 2.75) is 43.9 Å². The first-order valence-electron chi connectivity index (χ1n) is 7.43. The number of fused-ring (bicyclic) bond motifs is 1. The summed E-state index contributed by atoms with van der Waals surface area (Å²) in [7, 11) is 0. The van der Waals surface area contributed by atoms with Gasteiger partial charge in [-0.3, -0.25) is 0 Å². The molecule has 0 heterocycles. The van der Waals surface area contributed by atoms with Gasteiger partial charge in [0.1, 0.15) is 0 Å². The SMILES string of the molecule is CC1(C(Br)c2ccc(Cl)c3ccccc23)CCCCC1. The quantitative estimate of drug-likeness (QED) is 0.516. The fourth-order valence-corrected chi connectivity index (χ4v) is 4.58. The van der Waals surface area contributed by atoms with Crippen molar-refractivity contribution in [1.29, 1.82) is 0 Å². The second-order valence-electron chi connectivity index (χ2n) is 6.26. The van der Waals surface area contributed by atoms with Crippen LogP contribution in [0.15, 0.2) is 36.4 Å². The van der Waals surface area contributed by atoms with Crippen molar-refractivity contribution in [3.05, 3.63) is 47.0 Å². The highest BCUT2D eigenvalue weighted by Crippen LogP contribution is 2.51. The first-order chi connectivity index (χ1) is 9.62. The highest BCUT2D eigenvalue weighted by molar-refractivity contribution is 9.09. The van der Waals surface area contributed by atoms with Crippen molar-refractivity contribution in [1.82, 2.24) is 0 Å². The van der Waals surface area contributed by atoms with Crippen LogP contribution in [0.1, 0.15) is 49.4 Å². The molecule has 1 unspecified atom stereocenters. The summed E-state index contributed by atoms with van der Waals surface area (Å²) in [4.78, 5) is 0.400. The Balaban J connectivity index is 2.08. The van der Waals surface area contributed by atoms with Crippen molar-refractivity contribution in [2.24, 2.45) is 5.41 Å². The fourth-order valence-electron chi connectivity index (χ4n) is 3.49. The lowest BCUT2D eigenvalue weighted by molar-refractivity contribution is 0.213. The van der Waals surface area contributed by atoms with E-state index in [9.17, 15) is 0 Å². The van der Waals surface area contributed by atoms with Crippen LogP contribution >= 0.6 is 27.5 Å². The van der Waals surface area contributed by atoms with Gasteiger partial charge in [0, 0.05) is 15.2 Å². The Morgan fingerprint density at radius 3 is 2.35 bits per heavy atom. The van der Waals surface area contributed by atoms with Crippen LogP contribution in [0.3, 0.4) is 0 Å². The maximum Gasteiger partial charge on any atom is 0.0484 e. The van der Waals surface area contributed by atoms with Crippen LogP contribution in [0.25, 0.3) is 10.8 Å². The van der Waals surface area contributed by atoms with Gasteiger partial charge in [0.15, 0.2) is 0 Å². The normalized spacial score (nSPS) is 19.9. The predicted octanol–water partition coefficient (Wildman–Crippen LogP) is 6.90. The molecule has 1 aliphatic carbocycles. The molecule has 0 nitrogen and oxygen atoms in total. The van der Waals surface area contributed by atoms with E-state index in [0.29, 0.717) is 10.2 Å². The molecule has 2 aromatic rings. The Labute approximate surface area is 134 Å². The third-order valence-corrected chi connectivity index (χ3v) is 6.71. The van der Waals surface area contributed by atoms with E-state index in [1.54, 1.807) is 0 Å². The van der Waals surface area contributed by atoms with E-state index in [1.807, 2.05) is 6.07 Å². The number of halogens is 2. The van der Waals surface area contributed by atoms with E-state index < -0.39 is 0 Å². The minimum absolute atomic E-state index is 0.356. The van der Waals surface area contributed by atoms with Crippen LogP contribution in [0.5, 0.6) is 0 Å². The molecule has 1 saturated carbocycles. The smallest absolute Gasteiger partial charge is 0.0484 e. The number of benzene rings is 2. The van der Waals surface area contributed by atoms with Crippen molar-refractivity contribution in [2.75, 3.05) is 0 Å². The van der Waals surface area contributed by atoms with Crippen LogP contribution in [-0.2, 0) is 0 Å². The highest BCUT2D eigenvalue weighted by atomic mass is 79.9. The lowest BCUT2D eigenvalue weighted by Gasteiger charge is -2.38. The Bertz CT molecular complexity index is 614. The summed E-state index contributed by atoms with van der Waals surface area (Å²) in [5.41, 5.74) is 1.74. The summed E-state index contributed by atoms with van der Waals surface area (Å²) >= 11 is 10.3. The van der Waals surface area contributed by atoms with Crippen LogP contribution < -0.4 is 0 Å². The third kappa shape index (κ3) is 2.51. The first kappa shape index (κ1) is 14.4. The van der Waals surface area contributed by atoms with Gasteiger partial charge in [0.05, 0.1) is 0 Å². The highest BCUT2D eigenvalue weighted by Gasteiger charge is 2.35. The standard InChI is InChI=1S/C18H20BrCl/c1-18(11-5-2-6-12-18)17(19)15-9-10-16(20)14-8-4-3-7-13(14)15/h3-4,7-10,17H,2,5-6,11-12H2,1H3. The largest absolute Gasteiger partial charge is 0.0837 e. The number of hydrogen-bond acceptors (Lipinski definition) is 0. The first-order valence-corrected chi connectivity index (χ1v) is 8.72. The van der Waals surface area contributed by atoms with Crippen molar-refractivity contribution >= 4 is 38.3 Å². The molecule has 106 valence electrons. The average molecular weight is 352 g/mol. The van der Waals surface area contributed by atoms with Crippen LogP contribution in [-0.4, -0.2) is 0 Å². The van der Waals surface area contributed by atoms with Gasteiger partial charge in [0.25, 0.3) is 0 Å². The van der Waals surface area contributed by atoms with E-state index in [1.165, 1.54) is 43.1 Å². The second-order valence-corrected chi connectivity index (χ2v) is 7.58. The number of hydrogen-bond donors (Lipinski definition) is 0. The van der Waals surface area contributed by atoms with E-state index in [4.69, 9.17) is 11.6 Å². The van der Waals surface area contributed by atoms with E-state index in [2.05, 4.69) is 53.2 Å². The van der Waals surface area contributed by atoms with Gasteiger partial charge in [-0.15, -0.1) is 0 Å². The number of rotatable bonds is 2. The molecule has 0 aliphatic heterocycles. The van der Waals surface area contributed by atoms with Gasteiger partial charge in [-0.2, -0.15) is 0 Å². The molecule has 2 aromatic carbocycles. The zero-order chi connectivity index (χ0) is 14.2. The van der Waals surface area contributed by atoms with Crippen LogP contribution in [0, 0.1) is 5.41 Å². The summed E-state index contributed by atoms with van der Waals surface area (Å²) in [6.45, 7) is 2.43. The summed E-state index contributed by atoms with van der Waals surface area (Å²) in [6.07, 6.45) is 6.70. The molecule has 0 aromatic heterocycles. The van der Waals surface area contributed by atoms with E-state index in [-0.39, 0.29) is 0 Å². The molecule has 20 heavy (non-hydrogen) atoms. The van der Waals surface area contributed by atoms with Gasteiger partial charge in [0.2, 0.25) is 0 Å². The molecular weight excluding hydrogens is 332 g/mol. The lowest BCUT2D eigenvalue weighted by atomic mass is 9.71. The average Bonchev–Trinajstić information content (AvgIpc) is 2.48. The van der Waals surface area contributed by atoms with Gasteiger partial charge in [-0.25, -0.2) is 0 Å². The fraction of sp³-hybridized carbons (Fsp3) is 0.444. The van der Waals surface area contributed by atoms with Crippen LogP contribution in [0.2, 0.25) is 5.02 Å². The number of alkyl halides is 1. The van der Waals surface area contributed by atoms with Crippen LogP contribution in [0.4, 0.5) is 0 Å². The minimum Gasteiger partial charge on any atom is -0.0837 e. The minimum atomic E-state index is 0.356. The van der Waals surface area contributed by atoms with Crippen molar-refractivity contribution in [3.63, 3.8) is 0 Å². The molecule has 0 radical (unpaired) electrons. The summed E-state index contributed by atoms with van der Waals surface area (Å²) < 4.78 is 0. The predicted molar refractivity (Wildman–Crippen MR) is 91.8 cm³/mol. The zero-order valence-corrected chi connectivity index (χ0v) is 14.2. The van der Waals surface area contributed by atoms with Gasteiger partial charge < -0.3 is 0 Å². The Morgan fingerprint density at radius 1 is 1.00 bits per heavy atom. The molecule has 2 heteroatoms. The second kappa shape index (κ2) is 5.69. The van der Waals surface area contributed by atoms with E-state index in [0.717, 1.165) is 10.4 Å². The maximum absolute atomic E-state index is 6.34. The topological polar surface area (TPSA) is 0 Å². The van der Waals surface area contributed by atoms with E-state index >= 15 is 0 Å². The van der Waals surface area contributed by atoms with Crippen molar-refractivity contribution in [3.8, 4) is 0 Å². The van der Waals surface area contributed by atoms with Gasteiger partial charge in [-0.1, -0.05) is 84.0 Å². The van der Waals surface area contributed by atoms with Crippen molar-refractivity contribution < 1.29 is 0 Å². The summed E-state index contributed by atoms with van der Waals surface area (Å²) in [6, 6.07) is 12.7. The molecule has 0 spiro atoms. The molecule has 0 N–H and O–H groups in total. The van der Waals surface area contributed by atoms with Gasteiger partial charge in [-0.05, 0) is 35.3 Å². The Kier molecular flexibility index (Phi) is 4.10. The molecule has 1 atom stereocenters. The Hall–Kier alpha value is -0.530. The molecule has 0 bridgehead atoms. The maximum atomic E-state index is 6.34. The third-order valence-electron chi connectivity index (χ3n) is 4.79. The zero-order valence-electron chi connectivity index (χ0n) is 11.8. The molecule has 1 aliphatic rings. The molecular formula is C18H20BrCl. The van der Waals surface area contributed by atoms with Gasteiger partial charge >= 0.3 is 0 Å². The lowest BCUT2D eigenvalue weighted by Crippen LogP contribution is -2.25. The molecule has 1 fully saturated rings. The summed E-state index contributed by atoms with van der Waals surface area (Å²) in [5, 5.41) is 3.29.